The van der Waals surface area contributed by atoms with Crippen molar-refractivity contribution in [1.29, 1.82) is 0 Å². The fourth-order valence-electron chi connectivity index (χ4n) is 2.75. The van der Waals surface area contributed by atoms with Crippen molar-refractivity contribution in [3.05, 3.63) is 71.3 Å². The lowest BCUT2D eigenvalue weighted by Crippen LogP contribution is -2.37. The lowest BCUT2D eigenvalue weighted by Gasteiger charge is -2.21. The van der Waals surface area contributed by atoms with E-state index in [4.69, 9.17) is 5.73 Å². The molecule has 0 saturated carbocycles. The molecule has 1 heterocycles. The first-order chi connectivity index (χ1) is 10.3. The summed E-state index contributed by atoms with van der Waals surface area (Å²) in [5, 5.41) is 0. The van der Waals surface area contributed by atoms with Gasteiger partial charge in [-0.05, 0) is 29.5 Å². The molecule has 2 aromatic carbocycles. The second-order valence-corrected chi connectivity index (χ2v) is 5.45. The van der Waals surface area contributed by atoms with Gasteiger partial charge >= 0.3 is 0 Å². The highest BCUT2D eigenvalue weighted by atomic mass is 15.2. The summed E-state index contributed by atoms with van der Waals surface area (Å²) in [6, 6.07) is 18.9. The molecule has 0 radical (unpaired) electrons. The van der Waals surface area contributed by atoms with Crippen LogP contribution in [0.3, 0.4) is 0 Å². The molecule has 0 bridgehead atoms. The van der Waals surface area contributed by atoms with Gasteiger partial charge in [0.15, 0.2) is 5.96 Å². The monoisotopic (exact) mass is 279 g/mol. The minimum absolute atomic E-state index is 0.644. The topological polar surface area (TPSA) is 41.6 Å². The van der Waals surface area contributed by atoms with E-state index in [1.54, 1.807) is 0 Å². The summed E-state index contributed by atoms with van der Waals surface area (Å²) in [5.74, 6) is 0.649. The van der Waals surface area contributed by atoms with Gasteiger partial charge in [0, 0.05) is 13.1 Å². The standard InChI is InChI=1S/C18H21N3/c19-18(20-13-15-7-2-1-3-8-15)21-12-6-11-16-9-4-5-10-17(16)14-21/h1-5,7-10H,6,11-14H2,(H2,19,20). The van der Waals surface area contributed by atoms with Crippen LogP contribution in [0.1, 0.15) is 23.1 Å². The third kappa shape index (κ3) is 3.43. The Morgan fingerprint density at radius 1 is 1.00 bits per heavy atom. The smallest absolute Gasteiger partial charge is 0.191 e. The highest BCUT2D eigenvalue weighted by molar-refractivity contribution is 5.78. The van der Waals surface area contributed by atoms with Crippen molar-refractivity contribution in [2.75, 3.05) is 6.54 Å². The van der Waals surface area contributed by atoms with E-state index in [0.717, 1.165) is 25.9 Å². The van der Waals surface area contributed by atoms with Gasteiger partial charge in [-0.15, -0.1) is 0 Å². The quantitative estimate of drug-likeness (QED) is 0.678. The average Bonchev–Trinajstić information content (AvgIpc) is 2.76. The van der Waals surface area contributed by atoms with E-state index < -0.39 is 0 Å². The summed E-state index contributed by atoms with van der Waals surface area (Å²) < 4.78 is 0. The molecular formula is C18H21N3. The molecule has 1 aliphatic rings. The van der Waals surface area contributed by atoms with Gasteiger partial charge in [0.25, 0.3) is 0 Å². The maximum absolute atomic E-state index is 6.20. The van der Waals surface area contributed by atoms with Gasteiger partial charge in [-0.1, -0.05) is 54.6 Å². The third-order valence-electron chi connectivity index (χ3n) is 3.94. The average molecular weight is 279 g/mol. The van der Waals surface area contributed by atoms with Crippen molar-refractivity contribution in [2.45, 2.75) is 25.9 Å². The Kier molecular flexibility index (Phi) is 4.20. The summed E-state index contributed by atoms with van der Waals surface area (Å²) in [7, 11) is 0. The predicted octanol–water partition coefficient (Wildman–Crippen LogP) is 2.95. The fourth-order valence-corrected chi connectivity index (χ4v) is 2.75. The SMILES string of the molecule is NC(=NCc1ccccc1)N1CCCc2ccccc2C1. The van der Waals surface area contributed by atoms with Crippen molar-refractivity contribution in [1.82, 2.24) is 4.90 Å². The van der Waals surface area contributed by atoms with Crippen LogP contribution in [-0.2, 0) is 19.5 Å². The van der Waals surface area contributed by atoms with E-state index in [0.29, 0.717) is 12.5 Å². The van der Waals surface area contributed by atoms with E-state index in [1.165, 1.54) is 16.7 Å². The number of rotatable bonds is 2. The number of aryl methyl sites for hydroxylation is 1. The largest absolute Gasteiger partial charge is 0.370 e. The number of hydrogen-bond donors (Lipinski definition) is 1. The van der Waals surface area contributed by atoms with Crippen molar-refractivity contribution >= 4 is 5.96 Å². The van der Waals surface area contributed by atoms with Gasteiger partial charge in [0.05, 0.1) is 6.54 Å². The maximum Gasteiger partial charge on any atom is 0.191 e. The lowest BCUT2D eigenvalue weighted by atomic mass is 10.0. The number of guanidine groups is 1. The van der Waals surface area contributed by atoms with E-state index >= 15 is 0 Å². The van der Waals surface area contributed by atoms with E-state index in [9.17, 15) is 0 Å². The number of fused-ring (bicyclic) bond motifs is 1. The summed E-state index contributed by atoms with van der Waals surface area (Å²) in [6.45, 7) is 2.48. The Hall–Kier alpha value is -2.29. The van der Waals surface area contributed by atoms with Gasteiger partial charge in [-0.25, -0.2) is 4.99 Å². The highest BCUT2D eigenvalue weighted by Gasteiger charge is 2.15. The van der Waals surface area contributed by atoms with Crippen molar-refractivity contribution in [2.24, 2.45) is 10.7 Å². The Morgan fingerprint density at radius 2 is 1.71 bits per heavy atom. The molecule has 3 nitrogen and oxygen atoms in total. The first-order valence-corrected chi connectivity index (χ1v) is 7.48. The first-order valence-electron chi connectivity index (χ1n) is 7.48. The molecular weight excluding hydrogens is 258 g/mol. The van der Waals surface area contributed by atoms with Crippen molar-refractivity contribution < 1.29 is 0 Å². The molecule has 2 N–H and O–H groups in total. The van der Waals surface area contributed by atoms with Crippen molar-refractivity contribution in [3.8, 4) is 0 Å². The summed E-state index contributed by atoms with van der Waals surface area (Å²) in [4.78, 5) is 6.74. The fraction of sp³-hybridized carbons (Fsp3) is 0.278. The predicted molar refractivity (Wildman–Crippen MR) is 86.9 cm³/mol. The van der Waals surface area contributed by atoms with Crippen LogP contribution in [0.15, 0.2) is 59.6 Å². The van der Waals surface area contributed by atoms with Crippen molar-refractivity contribution in [3.63, 3.8) is 0 Å². The Bertz CT molecular complexity index is 619. The number of nitrogens with two attached hydrogens (primary N) is 1. The molecule has 2 aromatic rings. The van der Waals surface area contributed by atoms with Crippen LogP contribution in [0.5, 0.6) is 0 Å². The van der Waals surface area contributed by atoms with Gasteiger partial charge in [-0.2, -0.15) is 0 Å². The zero-order chi connectivity index (χ0) is 14.5. The van der Waals surface area contributed by atoms with Crippen LogP contribution < -0.4 is 5.73 Å². The molecule has 1 aliphatic heterocycles. The molecule has 0 fully saturated rings. The first kappa shape index (κ1) is 13.7. The summed E-state index contributed by atoms with van der Waals surface area (Å²) in [6.07, 6.45) is 2.25. The van der Waals surface area contributed by atoms with Gasteiger partial charge < -0.3 is 10.6 Å². The van der Waals surface area contributed by atoms with Crippen LogP contribution in [0.4, 0.5) is 0 Å². The zero-order valence-corrected chi connectivity index (χ0v) is 12.2. The van der Waals surface area contributed by atoms with Crippen LogP contribution in [0.25, 0.3) is 0 Å². The minimum atomic E-state index is 0.644. The third-order valence-corrected chi connectivity index (χ3v) is 3.94. The zero-order valence-electron chi connectivity index (χ0n) is 12.2. The number of benzene rings is 2. The lowest BCUT2D eigenvalue weighted by molar-refractivity contribution is 0.411. The second kappa shape index (κ2) is 6.44. The van der Waals surface area contributed by atoms with Gasteiger partial charge in [-0.3, -0.25) is 0 Å². The molecule has 0 spiro atoms. The van der Waals surface area contributed by atoms with Gasteiger partial charge in [0.1, 0.15) is 0 Å². The molecule has 0 saturated heterocycles. The molecule has 21 heavy (non-hydrogen) atoms. The maximum atomic E-state index is 6.20. The van der Waals surface area contributed by atoms with Crippen LogP contribution >= 0.6 is 0 Å². The molecule has 0 atom stereocenters. The van der Waals surface area contributed by atoms with E-state index in [1.807, 2.05) is 18.2 Å². The summed E-state index contributed by atoms with van der Waals surface area (Å²) >= 11 is 0. The highest BCUT2D eigenvalue weighted by Crippen LogP contribution is 2.18. The van der Waals surface area contributed by atoms with Crippen LogP contribution in [-0.4, -0.2) is 17.4 Å². The molecule has 0 aliphatic carbocycles. The second-order valence-electron chi connectivity index (χ2n) is 5.45. The van der Waals surface area contributed by atoms with Gasteiger partial charge in [0.2, 0.25) is 0 Å². The van der Waals surface area contributed by atoms with Crippen LogP contribution in [0.2, 0.25) is 0 Å². The molecule has 3 rings (SSSR count). The Balaban J connectivity index is 1.71. The number of nitrogens with zero attached hydrogens (tertiary/aromatic N) is 2. The van der Waals surface area contributed by atoms with Crippen LogP contribution in [0, 0.1) is 0 Å². The normalized spacial score (nSPS) is 15.4. The number of aliphatic imine (C=N–C) groups is 1. The summed E-state index contributed by atoms with van der Waals surface area (Å²) in [5.41, 5.74) is 10.2. The van der Waals surface area contributed by atoms with E-state index in [-0.39, 0.29) is 0 Å². The Morgan fingerprint density at radius 3 is 2.52 bits per heavy atom. The molecule has 0 unspecified atom stereocenters. The molecule has 0 aromatic heterocycles. The number of hydrogen-bond acceptors (Lipinski definition) is 1. The minimum Gasteiger partial charge on any atom is -0.370 e. The molecule has 3 heteroatoms. The van der Waals surface area contributed by atoms with E-state index in [2.05, 4.69) is 46.3 Å². The Labute approximate surface area is 126 Å². The molecule has 108 valence electrons. The molecule has 0 amide bonds.